The van der Waals surface area contributed by atoms with Crippen LogP contribution in [0.4, 0.5) is 0 Å². The number of nitrogens with two attached hydrogens (primary N) is 1. The molecule has 3 aromatic rings. The van der Waals surface area contributed by atoms with Crippen LogP contribution in [0.5, 0.6) is 0 Å². The summed E-state index contributed by atoms with van der Waals surface area (Å²) in [6.07, 6.45) is 1.88. The predicted molar refractivity (Wildman–Crippen MR) is 108 cm³/mol. The molecule has 4 rings (SSSR count). The Labute approximate surface area is 161 Å². The summed E-state index contributed by atoms with van der Waals surface area (Å²) >= 11 is 0. The molecule has 0 bridgehead atoms. The lowest BCUT2D eigenvalue weighted by Crippen LogP contribution is -2.29. The van der Waals surface area contributed by atoms with Crippen LogP contribution in [0.1, 0.15) is 22.7 Å². The van der Waals surface area contributed by atoms with Gasteiger partial charge in [0.2, 0.25) is 0 Å². The first-order valence-corrected chi connectivity index (χ1v) is 8.84. The quantitative estimate of drug-likeness (QED) is 0.766. The Bertz CT molecular complexity index is 846. The highest BCUT2D eigenvalue weighted by Crippen LogP contribution is 2.27. The van der Waals surface area contributed by atoms with Gasteiger partial charge < -0.3 is 5.73 Å². The summed E-state index contributed by atoms with van der Waals surface area (Å²) in [5.41, 5.74) is 11.4. The van der Waals surface area contributed by atoms with Gasteiger partial charge in [0, 0.05) is 37.8 Å². The normalized spacial score (nSPS) is 20.1. The molecular weight excluding hydrogens is 344 g/mol. The lowest BCUT2D eigenvalue weighted by Gasteiger charge is -2.17. The van der Waals surface area contributed by atoms with Gasteiger partial charge in [0.25, 0.3) is 0 Å². The Morgan fingerprint density at radius 2 is 1.73 bits per heavy atom. The number of aryl methyl sites for hydroxylation is 1. The maximum absolute atomic E-state index is 6.44. The molecule has 0 aliphatic carbocycles. The highest BCUT2D eigenvalue weighted by molar-refractivity contribution is 5.85. The molecule has 5 heteroatoms. The molecule has 26 heavy (non-hydrogen) atoms. The van der Waals surface area contributed by atoms with E-state index in [1.54, 1.807) is 0 Å². The number of halogens is 1. The molecule has 1 aliphatic rings. The third-order valence-electron chi connectivity index (χ3n) is 5.12. The number of nitrogens with zero attached hydrogens (tertiary/aromatic N) is 3. The van der Waals surface area contributed by atoms with E-state index in [-0.39, 0.29) is 18.4 Å². The largest absolute Gasteiger partial charge is 0.326 e. The molecule has 0 unspecified atom stereocenters. The maximum atomic E-state index is 6.44. The molecule has 2 aromatic carbocycles. The van der Waals surface area contributed by atoms with Crippen molar-refractivity contribution in [2.45, 2.75) is 25.4 Å². The van der Waals surface area contributed by atoms with Crippen molar-refractivity contribution in [2.24, 2.45) is 5.73 Å². The molecule has 4 nitrogen and oxygen atoms in total. The summed E-state index contributed by atoms with van der Waals surface area (Å²) in [5.74, 6) is 0.399. The van der Waals surface area contributed by atoms with Crippen LogP contribution in [0, 0.1) is 6.92 Å². The minimum absolute atomic E-state index is 0. The van der Waals surface area contributed by atoms with Crippen LogP contribution in [-0.2, 0) is 6.54 Å². The van der Waals surface area contributed by atoms with Crippen LogP contribution in [0.15, 0.2) is 66.9 Å². The van der Waals surface area contributed by atoms with Crippen molar-refractivity contribution >= 4 is 12.4 Å². The van der Waals surface area contributed by atoms with E-state index in [4.69, 9.17) is 5.73 Å². The molecule has 1 saturated heterocycles. The molecule has 1 aliphatic heterocycles. The van der Waals surface area contributed by atoms with E-state index < -0.39 is 0 Å². The Morgan fingerprint density at radius 3 is 2.50 bits per heavy atom. The number of para-hydroxylation sites is 1. The summed E-state index contributed by atoms with van der Waals surface area (Å²) in [7, 11) is 0. The van der Waals surface area contributed by atoms with Crippen LogP contribution in [-0.4, -0.2) is 33.8 Å². The first-order chi connectivity index (χ1) is 12.2. The van der Waals surface area contributed by atoms with Gasteiger partial charge in [-0.1, -0.05) is 48.5 Å². The fourth-order valence-corrected chi connectivity index (χ4v) is 3.79. The highest BCUT2D eigenvalue weighted by atomic mass is 35.5. The minimum atomic E-state index is 0. The van der Waals surface area contributed by atoms with Crippen molar-refractivity contribution in [3.63, 3.8) is 0 Å². The van der Waals surface area contributed by atoms with E-state index in [0.717, 1.165) is 25.3 Å². The lowest BCUT2D eigenvalue weighted by molar-refractivity contribution is 0.316. The monoisotopic (exact) mass is 368 g/mol. The standard InChI is InChI=1S/C21H24N4.ClH/c1-16-7-5-6-10-21(16)25-18(11-12-23-25)13-24-14-19(20(22)15-24)17-8-3-2-4-9-17;/h2-12,19-20H,13-15,22H2,1H3;1H/t19-,20+;/m0./s1. The summed E-state index contributed by atoms with van der Waals surface area (Å²) in [6.45, 7) is 4.89. The Kier molecular flexibility index (Phi) is 5.77. The van der Waals surface area contributed by atoms with Gasteiger partial charge in [-0.2, -0.15) is 5.10 Å². The van der Waals surface area contributed by atoms with Gasteiger partial charge in [0.15, 0.2) is 0 Å². The average molecular weight is 369 g/mol. The van der Waals surface area contributed by atoms with Crippen molar-refractivity contribution in [1.82, 2.24) is 14.7 Å². The van der Waals surface area contributed by atoms with E-state index >= 15 is 0 Å². The second-order valence-electron chi connectivity index (χ2n) is 6.90. The summed E-state index contributed by atoms with van der Waals surface area (Å²) in [5, 5.41) is 4.54. The zero-order chi connectivity index (χ0) is 17.2. The molecule has 0 spiro atoms. The van der Waals surface area contributed by atoms with Crippen molar-refractivity contribution < 1.29 is 0 Å². The van der Waals surface area contributed by atoms with Gasteiger partial charge in [-0.25, -0.2) is 4.68 Å². The van der Waals surface area contributed by atoms with Crippen molar-refractivity contribution in [3.05, 3.63) is 83.7 Å². The van der Waals surface area contributed by atoms with E-state index in [0.29, 0.717) is 5.92 Å². The second kappa shape index (κ2) is 8.04. The number of aromatic nitrogens is 2. The zero-order valence-electron chi connectivity index (χ0n) is 15.0. The van der Waals surface area contributed by atoms with Crippen LogP contribution < -0.4 is 5.73 Å². The third-order valence-corrected chi connectivity index (χ3v) is 5.12. The summed E-state index contributed by atoms with van der Waals surface area (Å²) in [4.78, 5) is 2.44. The number of likely N-dealkylation sites (tertiary alicyclic amines) is 1. The smallest absolute Gasteiger partial charge is 0.0678 e. The Balaban J connectivity index is 0.00000196. The summed E-state index contributed by atoms with van der Waals surface area (Å²) in [6, 6.07) is 21.3. The maximum Gasteiger partial charge on any atom is 0.0678 e. The number of hydrogen-bond acceptors (Lipinski definition) is 3. The third kappa shape index (κ3) is 3.68. The molecular formula is C21H25ClN4. The molecule has 0 radical (unpaired) electrons. The van der Waals surface area contributed by atoms with Gasteiger partial charge in [0.1, 0.15) is 0 Å². The Hall–Kier alpha value is -2.14. The lowest BCUT2D eigenvalue weighted by atomic mass is 9.95. The van der Waals surface area contributed by atoms with Crippen LogP contribution >= 0.6 is 12.4 Å². The van der Waals surface area contributed by atoms with Gasteiger partial charge in [-0.05, 0) is 30.2 Å². The fourth-order valence-electron chi connectivity index (χ4n) is 3.79. The molecule has 2 atom stereocenters. The van der Waals surface area contributed by atoms with Crippen molar-refractivity contribution in [1.29, 1.82) is 0 Å². The van der Waals surface area contributed by atoms with E-state index in [1.807, 2.05) is 6.20 Å². The topological polar surface area (TPSA) is 47.1 Å². The van der Waals surface area contributed by atoms with E-state index in [2.05, 4.69) is 82.3 Å². The fraction of sp³-hybridized carbons (Fsp3) is 0.286. The molecule has 0 saturated carbocycles. The molecule has 1 aromatic heterocycles. The van der Waals surface area contributed by atoms with E-state index in [1.165, 1.54) is 16.8 Å². The van der Waals surface area contributed by atoms with E-state index in [9.17, 15) is 0 Å². The van der Waals surface area contributed by atoms with Crippen LogP contribution in [0.25, 0.3) is 5.69 Å². The number of rotatable bonds is 4. The van der Waals surface area contributed by atoms with Gasteiger partial charge in [-0.15, -0.1) is 12.4 Å². The van der Waals surface area contributed by atoms with Gasteiger partial charge in [0.05, 0.1) is 11.4 Å². The first-order valence-electron chi connectivity index (χ1n) is 8.84. The molecule has 136 valence electrons. The zero-order valence-corrected chi connectivity index (χ0v) is 15.8. The molecule has 0 amide bonds. The first kappa shape index (κ1) is 18.6. The predicted octanol–water partition coefficient (Wildman–Crippen LogP) is 3.53. The number of benzene rings is 2. The van der Waals surface area contributed by atoms with Gasteiger partial charge >= 0.3 is 0 Å². The SMILES string of the molecule is Cc1ccccc1-n1nccc1CN1C[C@@H](N)[C@H](c2ccccc2)C1.Cl. The van der Waals surface area contributed by atoms with Crippen molar-refractivity contribution in [3.8, 4) is 5.69 Å². The second-order valence-corrected chi connectivity index (χ2v) is 6.90. The van der Waals surface area contributed by atoms with Crippen molar-refractivity contribution in [2.75, 3.05) is 13.1 Å². The highest BCUT2D eigenvalue weighted by Gasteiger charge is 2.31. The van der Waals surface area contributed by atoms with Crippen LogP contribution in [0.3, 0.4) is 0 Å². The molecule has 2 N–H and O–H groups in total. The van der Waals surface area contributed by atoms with Crippen LogP contribution in [0.2, 0.25) is 0 Å². The molecule has 2 heterocycles. The minimum Gasteiger partial charge on any atom is -0.326 e. The van der Waals surface area contributed by atoms with Gasteiger partial charge in [-0.3, -0.25) is 4.90 Å². The summed E-state index contributed by atoms with van der Waals surface area (Å²) < 4.78 is 2.05. The Morgan fingerprint density at radius 1 is 1.00 bits per heavy atom. The number of hydrogen-bond donors (Lipinski definition) is 1. The molecule has 1 fully saturated rings. The average Bonchev–Trinajstić information content (AvgIpc) is 3.23.